The molecule has 0 aliphatic heterocycles. The van der Waals surface area contributed by atoms with Crippen molar-refractivity contribution in [2.45, 2.75) is 12.5 Å². The maximum Gasteiger partial charge on any atom is 0.122 e. The van der Waals surface area contributed by atoms with E-state index in [1.165, 1.54) is 4.88 Å². The molecule has 0 spiro atoms. The van der Waals surface area contributed by atoms with Crippen LogP contribution in [-0.4, -0.2) is 21.3 Å². The molecule has 1 N–H and O–H groups in total. The second-order valence-electron chi connectivity index (χ2n) is 4.38. The van der Waals surface area contributed by atoms with Crippen LogP contribution in [0.4, 0.5) is 0 Å². The minimum Gasteiger partial charge on any atom is -0.497 e. The largest absolute Gasteiger partial charge is 0.497 e. The van der Waals surface area contributed by atoms with Crippen LogP contribution in [0.15, 0.2) is 34.1 Å². The zero-order chi connectivity index (χ0) is 14.5. The van der Waals surface area contributed by atoms with E-state index in [1.807, 2.05) is 25.2 Å². The monoisotopic (exact) mass is 355 g/mol. The number of likely N-dealkylation sites (N-methyl/N-ethyl adjacent to an activating group) is 1. The summed E-state index contributed by atoms with van der Waals surface area (Å²) in [5.74, 6) is 1.62. The van der Waals surface area contributed by atoms with Crippen LogP contribution in [0.3, 0.4) is 0 Å². The Kier molecular flexibility index (Phi) is 5.46. The molecule has 1 aromatic heterocycles. The lowest BCUT2D eigenvalue weighted by atomic mass is 10.0. The zero-order valence-corrected chi connectivity index (χ0v) is 14.2. The van der Waals surface area contributed by atoms with E-state index in [2.05, 4.69) is 32.7 Å². The van der Waals surface area contributed by atoms with Gasteiger partial charge in [-0.1, -0.05) is 0 Å². The second-order valence-corrected chi connectivity index (χ2v) is 6.24. The predicted molar refractivity (Wildman–Crippen MR) is 87.1 cm³/mol. The fourth-order valence-electron chi connectivity index (χ4n) is 2.07. The first kappa shape index (κ1) is 15.4. The Hall–Kier alpha value is -1.04. The van der Waals surface area contributed by atoms with Gasteiger partial charge in [-0.3, -0.25) is 0 Å². The van der Waals surface area contributed by atoms with Crippen LogP contribution in [-0.2, 0) is 6.42 Å². The summed E-state index contributed by atoms with van der Waals surface area (Å²) in [5, 5.41) is 5.46. The van der Waals surface area contributed by atoms with E-state index in [1.54, 1.807) is 25.6 Å². The van der Waals surface area contributed by atoms with E-state index in [-0.39, 0.29) is 6.04 Å². The number of methoxy groups -OCH3 is 2. The molecule has 1 heterocycles. The minimum absolute atomic E-state index is 0.217. The number of halogens is 1. The number of rotatable bonds is 6. The molecule has 0 radical (unpaired) electrons. The molecule has 0 bridgehead atoms. The predicted octanol–water partition coefficient (Wildman–Crippen LogP) is 4.03. The lowest BCUT2D eigenvalue weighted by Gasteiger charge is -2.18. The molecule has 2 aromatic rings. The summed E-state index contributed by atoms with van der Waals surface area (Å²) >= 11 is 5.34. The molecule has 1 unspecified atom stereocenters. The second kappa shape index (κ2) is 7.11. The maximum absolute atomic E-state index is 5.34. The first-order chi connectivity index (χ1) is 9.67. The number of hydrogen-bond donors (Lipinski definition) is 1. The SMILES string of the molecule is CNC(Cc1sccc1Br)c1cc(OC)cc(OC)c1. The molecule has 0 amide bonds. The lowest BCUT2D eigenvalue weighted by Crippen LogP contribution is -2.18. The maximum atomic E-state index is 5.34. The summed E-state index contributed by atoms with van der Waals surface area (Å²) < 4.78 is 11.8. The molecule has 5 heteroatoms. The minimum atomic E-state index is 0.217. The third kappa shape index (κ3) is 3.53. The Labute approximate surface area is 132 Å². The van der Waals surface area contributed by atoms with Gasteiger partial charge in [0, 0.05) is 27.9 Å². The van der Waals surface area contributed by atoms with Crippen LogP contribution in [0, 0.1) is 0 Å². The zero-order valence-electron chi connectivity index (χ0n) is 11.8. The quantitative estimate of drug-likeness (QED) is 0.848. The fourth-order valence-corrected chi connectivity index (χ4v) is 3.63. The van der Waals surface area contributed by atoms with Gasteiger partial charge in [0.25, 0.3) is 0 Å². The van der Waals surface area contributed by atoms with Crippen LogP contribution in [0.2, 0.25) is 0 Å². The summed E-state index contributed by atoms with van der Waals surface area (Å²) in [7, 11) is 5.31. The number of benzene rings is 1. The third-order valence-electron chi connectivity index (χ3n) is 3.21. The Morgan fingerprint density at radius 3 is 2.30 bits per heavy atom. The number of thiophene rings is 1. The highest BCUT2D eigenvalue weighted by Crippen LogP contribution is 2.31. The summed E-state index contributed by atoms with van der Waals surface area (Å²) in [6.45, 7) is 0. The van der Waals surface area contributed by atoms with E-state index in [0.717, 1.165) is 28.0 Å². The molecule has 0 fully saturated rings. The van der Waals surface area contributed by atoms with Crippen molar-refractivity contribution >= 4 is 27.3 Å². The number of nitrogens with one attached hydrogen (secondary N) is 1. The van der Waals surface area contributed by atoms with Crippen LogP contribution < -0.4 is 14.8 Å². The Morgan fingerprint density at radius 2 is 1.85 bits per heavy atom. The molecule has 20 heavy (non-hydrogen) atoms. The average molecular weight is 356 g/mol. The highest BCUT2D eigenvalue weighted by atomic mass is 79.9. The van der Waals surface area contributed by atoms with Crippen molar-refractivity contribution in [3.63, 3.8) is 0 Å². The molecule has 1 aromatic carbocycles. The van der Waals surface area contributed by atoms with Crippen molar-refractivity contribution in [3.8, 4) is 11.5 Å². The number of hydrogen-bond acceptors (Lipinski definition) is 4. The van der Waals surface area contributed by atoms with Gasteiger partial charge in [0.15, 0.2) is 0 Å². The Morgan fingerprint density at radius 1 is 1.20 bits per heavy atom. The Bertz CT molecular complexity index is 549. The molecule has 3 nitrogen and oxygen atoms in total. The van der Waals surface area contributed by atoms with Gasteiger partial charge in [0.1, 0.15) is 11.5 Å². The average Bonchev–Trinajstić information content (AvgIpc) is 2.89. The summed E-state index contributed by atoms with van der Waals surface area (Å²) in [5.41, 5.74) is 1.16. The molecular weight excluding hydrogens is 338 g/mol. The van der Waals surface area contributed by atoms with Gasteiger partial charge in [-0.2, -0.15) is 0 Å². The van der Waals surface area contributed by atoms with Crippen molar-refractivity contribution in [2.75, 3.05) is 21.3 Å². The standard InChI is InChI=1S/C15H18BrNO2S/c1-17-14(9-15-13(16)4-5-20-15)10-6-11(18-2)8-12(7-10)19-3/h4-8,14,17H,9H2,1-3H3. The molecule has 0 saturated carbocycles. The summed E-state index contributed by atoms with van der Waals surface area (Å²) in [6, 6.07) is 8.28. The van der Waals surface area contributed by atoms with E-state index >= 15 is 0 Å². The molecule has 108 valence electrons. The van der Waals surface area contributed by atoms with Gasteiger partial charge in [-0.05, 0) is 52.1 Å². The molecule has 0 aliphatic carbocycles. The Balaban J connectivity index is 2.29. The van der Waals surface area contributed by atoms with Crippen molar-refractivity contribution in [1.29, 1.82) is 0 Å². The normalized spacial score (nSPS) is 12.2. The van der Waals surface area contributed by atoms with Gasteiger partial charge in [0.05, 0.1) is 14.2 Å². The third-order valence-corrected chi connectivity index (χ3v) is 5.15. The van der Waals surface area contributed by atoms with Crippen LogP contribution in [0.1, 0.15) is 16.5 Å². The van der Waals surface area contributed by atoms with Crippen LogP contribution in [0.25, 0.3) is 0 Å². The van der Waals surface area contributed by atoms with Crippen molar-refractivity contribution in [3.05, 3.63) is 44.6 Å². The number of ether oxygens (including phenoxy) is 2. The van der Waals surface area contributed by atoms with Gasteiger partial charge in [-0.25, -0.2) is 0 Å². The van der Waals surface area contributed by atoms with Gasteiger partial charge < -0.3 is 14.8 Å². The first-order valence-electron chi connectivity index (χ1n) is 6.30. The highest BCUT2D eigenvalue weighted by molar-refractivity contribution is 9.10. The molecule has 2 rings (SSSR count). The topological polar surface area (TPSA) is 30.5 Å². The van der Waals surface area contributed by atoms with E-state index in [0.29, 0.717) is 0 Å². The molecule has 1 atom stereocenters. The molecular formula is C15H18BrNO2S. The molecule has 0 aliphatic rings. The smallest absolute Gasteiger partial charge is 0.122 e. The van der Waals surface area contributed by atoms with Crippen molar-refractivity contribution in [2.24, 2.45) is 0 Å². The van der Waals surface area contributed by atoms with Gasteiger partial charge in [-0.15, -0.1) is 11.3 Å². The van der Waals surface area contributed by atoms with Crippen LogP contribution >= 0.6 is 27.3 Å². The summed E-state index contributed by atoms with van der Waals surface area (Å²) in [6.07, 6.45) is 0.922. The van der Waals surface area contributed by atoms with Gasteiger partial charge in [0.2, 0.25) is 0 Å². The van der Waals surface area contributed by atoms with Gasteiger partial charge >= 0.3 is 0 Å². The summed E-state index contributed by atoms with van der Waals surface area (Å²) in [4.78, 5) is 1.33. The van der Waals surface area contributed by atoms with E-state index < -0.39 is 0 Å². The fraction of sp³-hybridized carbons (Fsp3) is 0.333. The van der Waals surface area contributed by atoms with Crippen molar-refractivity contribution < 1.29 is 9.47 Å². The molecule has 0 saturated heterocycles. The lowest BCUT2D eigenvalue weighted by molar-refractivity contribution is 0.392. The van der Waals surface area contributed by atoms with Crippen molar-refractivity contribution in [1.82, 2.24) is 5.32 Å². The van der Waals surface area contributed by atoms with Crippen LogP contribution in [0.5, 0.6) is 11.5 Å². The van der Waals surface area contributed by atoms with E-state index in [4.69, 9.17) is 9.47 Å². The van der Waals surface area contributed by atoms with E-state index in [9.17, 15) is 0 Å². The first-order valence-corrected chi connectivity index (χ1v) is 7.97. The highest BCUT2D eigenvalue weighted by Gasteiger charge is 2.15.